The number of anilines is 1. The molecule has 1 aliphatic rings. The van der Waals surface area contributed by atoms with Gasteiger partial charge in [0.2, 0.25) is 5.88 Å². The number of hydrogen-bond donors (Lipinski definition) is 1. The lowest BCUT2D eigenvalue weighted by Crippen LogP contribution is -2.16. The van der Waals surface area contributed by atoms with E-state index in [9.17, 15) is 9.18 Å². The molecule has 1 saturated carbocycles. The zero-order valence-corrected chi connectivity index (χ0v) is 15.4. The van der Waals surface area contributed by atoms with Crippen LogP contribution in [0.4, 0.5) is 10.1 Å². The van der Waals surface area contributed by atoms with E-state index >= 15 is 0 Å². The molecule has 3 heterocycles. The van der Waals surface area contributed by atoms with Crippen molar-refractivity contribution in [2.45, 2.75) is 32.1 Å². The van der Waals surface area contributed by atoms with Gasteiger partial charge >= 0.3 is 0 Å². The first kappa shape index (κ1) is 18.3. The lowest BCUT2D eigenvalue weighted by Gasteiger charge is -2.21. The smallest absolute Gasteiger partial charge is 0.274 e. The topological polar surface area (TPSA) is 77.0 Å². The van der Waals surface area contributed by atoms with Crippen LogP contribution in [0.15, 0.2) is 42.9 Å². The van der Waals surface area contributed by atoms with Gasteiger partial charge in [-0.25, -0.2) is 19.3 Å². The molecule has 1 N–H and O–H groups in total. The third-order valence-corrected chi connectivity index (χ3v) is 4.96. The van der Waals surface area contributed by atoms with E-state index in [4.69, 9.17) is 4.74 Å². The van der Waals surface area contributed by atoms with Gasteiger partial charge < -0.3 is 10.1 Å². The molecule has 3 aromatic rings. The number of nitrogens with zero attached hydrogens (tertiary/aromatic N) is 3. The lowest BCUT2D eigenvalue weighted by molar-refractivity contribution is 0.102. The van der Waals surface area contributed by atoms with Crippen LogP contribution in [-0.4, -0.2) is 27.5 Å². The highest BCUT2D eigenvalue weighted by molar-refractivity contribution is 6.03. The Hall–Kier alpha value is -3.09. The molecular formula is C21H21FN4O2. The number of aromatic nitrogens is 3. The van der Waals surface area contributed by atoms with Crippen molar-refractivity contribution >= 4 is 22.5 Å². The number of ether oxygens (including phenoxy) is 1. The summed E-state index contributed by atoms with van der Waals surface area (Å²) >= 11 is 0. The number of amides is 1. The van der Waals surface area contributed by atoms with E-state index in [0.29, 0.717) is 29.6 Å². The van der Waals surface area contributed by atoms with Crippen LogP contribution < -0.4 is 10.1 Å². The Balaban J connectivity index is 1.48. The van der Waals surface area contributed by atoms with Gasteiger partial charge in [-0.3, -0.25) is 4.79 Å². The summed E-state index contributed by atoms with van der Waals surface area (Å²) in [5, 5.41) is 3.54. The maximum absolute atomic E-state index is 12.9. The quantitative estimate of drug-likeness (QED) is 0.711. The molecule has 0 aromatic carbocycles. The molecule has 0 radical (unpaired) electrons. The molecule has 4 rings (SSSR count). The minimum absolute atomic E-state index is 0.132. The number of hydrogen-bond acceptors (Lipinski definition) is 5. The minimum Gasteiger partial charge on any atom is -0.476 e. The first-order valence-corrected chi connectivity index (χ1v) is 9.49. The van der Waals surface area contributed by atoms with Crippen molar-refractivity contribution in [3.8, 4) is 5.88 Å². The fourth-order valence-electron chi connectivity index (χ4n) is 3.46. The first-order chi connectivity index (χ1) is 13.7. The van der Waals surface area contributed by atoms with Gasteiger partial charge in [0.1, 0.15) is 17.0 Å². The fraction of sp³-hybridized carbons (Fsp3) is 0.333. The monoisotopic (exact) mass is 380 g/mol. The predicted molar refractivity (Wildman–Crippen MR) is 104 cm³/mol. The van der Waals surface area contributed by atoms with E-state index in [2.05, 4.69) is 20.3 Å². The van der Waals surface area contributed by atoms with Gasteiger partial charge in [-0.2, -0.15) is 0 Å². The van der Waals surface area contributed by atoms with Crippen molar-refractivity contribution in [3.05, 3.63) is 54.4 Å². The highest BCUT2D eigenvalue weighted by Crippen LogP contribution is 2.27. The van der Waals surface area contributed by atoms with Crippen LogP contribution in [0.3, 0.4) is 0 Å². The van der Waals surface area contributed by atoms with Crippen LogP contribution in [0.5, 0.6) is 5.88 Å². The van der Waals surface area contributed by atoms with Crippen LogP contribution in [-0.2, 0) is 0 Å². The normalized spacial score (nSPS) is 14.8. The molecule has 1 fully saturated rings. The molecule has 0 unspecified atom stereocenters. The van der Waals surface area contributed by atoms with Crippen molar-refractivity contribution in [2.75, 3.05) is 11.9 Å². The van der Waals surface area contributed by atoms with Crippen LogP contribution in [0.1, 0.15) is 42.6 Å². The van der Waals surface area contributed by atoms with Gasteiger partial charge in [0.15, 0.2) is 0 Å². The number of carbonyl (C=O) groups excluding carboxylic acids is 1. The number of rotatable bonds is 5. The summed E-state index contributed by atoms with van der Waals surface area (Å²) in [5.74, 6) is 0.176. The first-order valence-electron chi connectivity index (χ1n) is 9.49. The summed E-state index contributed by atoms with van der Waals surface area (Å²) in [5.41, 5.74) is 1.32. The molecule has 28 heavy (non-hydrogen) atoms. The average Bonchev–Trinajstić information content (AvgIpc) is 2.73. The van der Waals surface area contributed by atoms with E-state index in [1.165, 1.54) is 44.2 Å². The number of fused-ring (bicyclic) bond motifs is 1. The molecule has 1 amide bonds. The van der Waals surface area contributed by atoms with Crippen molar-refractivity contribution in [1.29, 1.82) is 0 Å². The van der Waals surface area contributed by atoms with E-state index in [1.54, 1.807) is 18.5 Å². The van der Waals surface area contributed by atoms with Gasteiger partial charge in [-0.1, -0.05) is 19.3 Å². The maximum Gasteiger partial charge on any atom is 0.274 e. The molecule has 6 nitrogen and oxygen atoms in total. The van der Waals surface area contributed by atoms with Crippen LogP contribution in [0.2, 0.25) is 0 Å². The molecule has 0 bridgehead atoms. The van der Waals surface area contributed by atoms with E-state index < -0.39 is 11.7 Å². The van der Waals surface area contributed by atoms with Gasteiger partial charge in [-0.05, 0) is 43.0 Å². The van der Waals surface area contributed by atoms with E-state index in [-0.39, 0.29) is 5.69 Å². The fourth-order valence-corrected chi connectivity index (χ4v) is 3.46. The van der Waals surface area contributed by atoms with Gasteiger partial charge in [-0.15, -0.1) is 0 Å². The molecule has 0 saturated heterocycles. The Bertz CT molecular complexity index is 972. The standard InChI is InChI=1S/C21H21FN4O2/c22-16-6-7-18(24-11-16)20(27)26-17-10-15-8-9-23-21(19(15)25-12-17)28-13-14-4-2-1-3-5-14/h6-12,14H,1-5,13H2,(H,26,27). The Morgan fingerprint density at radius 3 is 2.75 bits per heavy atom. The molecular weight excluding hydrogens is 359 g/mol. The zero-order chi connectivity index (χ0) is 19.3. The maximum atomic E-state index is 12.9. The largest absolute Gasteiger partial charge is 0.476 e. The number of carbonyl (C=O) groups is 1. The summed E-state index contributed by atoms with van der Waals surface area (Å²) in [6.07, 6.45) is 10.5. The Morgan fingerprint density at radius 2 is 1.96 bits per heavy atom. The zero-order valence-electron chi connectivity index (χ0n) is 15.4. The van der Waals surface area contributed by atoms with Crippen LogP contribution in [0.25, 0.3) is 10.9 Å². The predicted octanol–water partition coefficient (Wildman–Crippen LogP) is 4.38. The third kappa shape index (κ3) is 4.24. The summed E-state index contributed by atoms with van der Waals surface area (Å²) in [6.45, 7) is 0.655. The molecule has 3 aromatic heterocycles. The number of nitrogens with one attached hydrogen (secondary N) is 1. The van der Waals surface area contributed by atoms with Crippen LogP contribution in [0, 0.1) is 11.7 Å². The summed E-state index contributed by atoms with van der Waals surface area (Å²) in [4.78, 5) is 24.8. The Labute approximate surface area is 162 Å². The highest BCUT2D eigenvalue weighted by atomic mass is 19.1. The molecule has 0 aliphatic heterocycles. The second kappa shape index (κ2) is 8.29. The SMILES string of the molecule is O=C(Nc1cnc2c(OCC3CCCCC3)nccc2c1)c1ccc(F)cn1. The van der Waals surface area contributed by atoms with E-state index in [0.717, 1.165) is 11.6 Å². The van der Waals surface area contributed by atoms with Gasteiger partial charge in [0.05, 0.1) is 24.7 Å². The molecule has 7 heteroatoms. The average molecular weight is 380 g/mol. The number of halogens is 1. The second-order valence-electron chi connectivity index (χ2n) is 7.04. The summed E-state index contributed by atoms with van der Waals surface area (Å²) in [7, 11) is 0. The minimum atomic E-state index is -0.489. The van der Waals surface area contributed by atoms with Crippen LogP contribution >= 0.6 is 0 Å². The summed E-state index contributed by atoms with van der Waals surface area (Å²) in [6, 6.07) is 6.16. The van der Waals surface area contributed by atoms with Gasteiger partial charge in [0, 0.05) is 11.6 Å². The molecule has 144 valence electrons. The Morgan fingerprint density at radius 1 is 1.11 bits per heavy atom. The van der Waals surface area contributed by atoms with Gasteiger partial charge in [0.25, 0.3) is 5.91 Å². The van der Waals surface area contributed by atoms with Crippen molar-refractivity contribution in [1.82, 2.24) is 15.0 Å². The van der Waals surface area contributed by atoms with Crippen molar-refractivity contribution < 1.29 is 13.9 Å². The number of pyridine rings is 3. The molecule has 1 aliphatic carbocycles. The molecule has 0 spiro atoms. The third-order valence-electron chi connectivity index (χ3n) is 4.96. The van der Waals surface area contributed by atoms with E-state index in [1.807, 2.05) is 6.07 Å². The van der Waals surface area contributed by atoms with Crippen molar-refractivity contribution in [3.63, 3.8) is 0 Å². The van der Waals surface area contributed by atoms with Crippen molar-refractivity contribution in [2.24, 2.45) is 5.92 Å². The second-order valence-corrected chi connectivity index (χ2v) is 7.04. The Kier molecular flexibility index (Phi) is 5.41. The highest BCUT2D eigenvalue weighted by Gasteiger charge is 2.16. The molecule has 0 atom stereocenters. The summed E-state index contributed by atoms with van der Waals surface area (Å²) < 4.78 is 18.9. The lowest BCUT2D eigenvalue weighted by atomic mass is 9.90.